The van der Waals surface area contributed by atoms with Crippen molar-refractivity contribution in [3.63, 3.8) is 0 Å². The molecule has 1 aromatic heterocycles. The highest BCUT2D eigenvalue weighted by atomic mass is 16.5. The van der Waals surface area contributed by atoms with Gasteiger partial charge in [-0.1, -0.05) is 35.9 Å². The summed E-state index contributed by atoms with van der Waals surface area (Å²) >= 11 is 0. The Morgan fingerprint density at radius 3 is 2.44 bits per heavy atom. The van der Waals surface area contributed by atoms with Gasteiger partial charge in [0.25, 0.3) is 11.8 Å². The number of aryl methyl sites for hydroxylation is 2. The molecule has 0 radical (unpaired) electrons. The molecule has 1 N–H and O–H groups in total. The fraction of sp³-hybridized carbons (Fsp3) is 0.192. The molecule has 6 nitrogen and oxygen atoms in total. The minimum atomic E-state index is -0.368. The molecular formula is C26H25N3O3. The van der Waals surface area contributed by atoms with Crippen molar-refractivity contribution in [3.05, 3.63) is 94.9 Å². The Labute approximate surface area is 187 Å². The van der Waals surface area contributed by atoms with Crippen molar-refractivity contribution in [3.8, 4) is 5.75 Å². The number of anilines is 1. The first kappa shape index (κ1) is 21.3. The predicted octanol–water partition coefficient (Wildman–Crippen LogP) is 4.49. The summed E-state index contributed by atoms with van der Waals surface area (Å²) in [5.41, 5.74) is 4.85. The van der Waals surface area contributed by atoms with E-state index in [2.05, 4.69) is 10.3 Å². The molecule has 4 rings (SSSR count). The Hall–Kier alpha value is -3.93. The van der Waals surface area contributed by atoms with Gasteiger partial charge in [-0.2, -0.15) is 0 Å². The lowest BCUT2D eigenvalue weighted by Gasteiger charge is -2.16. The molecule has 6 heteroatoms. The van der Waals surface area contributed by atoms with Gasteiger partial charge >= 0.3 is 0 Å². The molecule has 0 aliphatic carbocycles. The van der Waals surface area contributed by atoms with E-state index in [4.69, 9.17) is 4.74 Å². The second-order valence-electron chi connectivity index (χ2n) is 7.67. The number of pyridine rings is 1. The summed E-state index contributed by atoms with van der Waals surface area (Å²) in [5, 5.41) is 3.21. The fourth-order valence-corrected chi connectivity index (χ4v) is 3.84. The average molecular weight is 428 g/mol. The number of nitrogens with zero attached hydrogens (tertiary/aromatic N) is 2. The SMILES string of the molecule is CCOc1ccccc1NC1=C(c2ccc(C)cc2C)C(=O)N(Cc2ccncc2)C1=O. The maximum Gasteiger partial charge on any atom is 0.278 e. The molecule has 1 aliphatic rings. The third-order valence-corrected chi connectivity index (χ3v) is 5.36. The number of amides is 2. The van der Waals surface area contributed by atoms with Crippen LogP contribution in [0.25, 0.3) is 5.57 Å². The summed E-state index contributed by atoms with van der Waals surface area (Å²) in [5.74, 6) is -0.0708. The molecule has 0 bridgehead atoms. The monoisotopic (exact) mass is 427 g/mol. The zero-order chi connectivity index (χ0) is 22.7. The van der Waals surface area contributed by atoms with E-state index >= 15 is 0 Å². The van der Waals surface area contributed by atoms with Crippen molar-refractivity contribution >= 4 is 23.1 Å². The van der Waals surface area contributed by atoms with Crippen LogP contribution >= 0.6 is 0 Å². The second-order valence-corrected chi connectivity index (χ2v) is 7.67. The second kappa shape index (κ2) is 9.06. The lowest BCUT2D eigenvalue weighted by molar-refractivity contribution is -0.137. The normalized spacial score (nSPS) is 13.7. The highest BCUT2D eigenvalue weighted by Gasteiger charge is 2.40. The Kier molecular flexibility index (Phi) is 6.03. The standard InChI is InChI=1S/C26H25N3O3/c1-4-32-22-8-6-5-7-21(22)28-24-23(20-10-9-17(2)15-18(20)3)25(30)29(26(24)31)16-19-11-13-27-14-12-19/h5-15,28H,4,16H2,1-3H3. The first-order valence-corrected chi connectivity index (χ1v) is 10.6. The van der Waals surface area contributed by atoms with Gasteiger partial charge in [-0.15, -0.1) is 0 Å². The van der Waals surface area contributed by atoms with Crippen LogP contribution in [0, 0.1) is 13.8 Å². The van der Waals surface area contributed by atoms with Crippen molar-refractivity contribution in [1.82, 2.24) is 9.88 Å². The van der Waals surface area contributed by atoms with Crippen LogP contribution in [0.15, 0.2) is 72.7 Å². The van der Waals surface area contributed by atoms with Crippen LogP contribution in [0.3, 0.4) is 0 Å². The molecule has 0 unspecified atom stereocenters. The summed E-state index contributed by atoms with van der Waals surface area (Å²) in [7, 11) is 0. The average Bonchev–Trinajstić information content (AvgIpc) is 3.00. The predicted molar refractivity (Wildman–Crippen MR) is 124 cm³/mol. The van der Waals surface area contributed by atoms with E-state index in [9.17, 15) is 9.59 Å². The molecule has 0 saturated carbocycles. The number of nitrogens with one attached hydrogen (secondary N) is 1. The van der Waals surface area contributed by atoms with Crippen LogP contribution in [-0.4, -0.2) is 28.3 Å². The van der Waals surface area contributed by atoms with E-state index in [1.165, 1.54) is 4.90 Å². The maximum atomic E-state index is 13.5. The Balaban J connectivity index is 1.80. The van der Waals surface area contributed by atoms with Crippen molar-refractivity contribution in [2.45, 2.75) is 27.3 Å². The molecule has 2 heterocycles. The minimum absolute atomic E-state index is 0.173. The third-order valence-electron chi connectivity index (χ3n) is 5.36. The molecule has 162 valence electrons. The van der Waals surface area contributed by atoms with Crippen LogP contribution in [-0.2, 0) is 16.1 Å². The minimum Gasteiger partial charge on any atom is -0.492 e. The molecule has 0 fully saturated rings. The van der Waals surface area contributed by atoms with Gasteiger partial charge in [0.15, 0.2) is 0 Å². The topological polar surface area (TPSA) is 71.5 Å². The van der Waals surface area contributed by atoms with Crippen molar-refractivity contribution in [2.75, 3.05) is 11.9 Å². The lowest BCUT2D eigenvalue weighted by Crippen LogP contribution is -2.32. The number of ether oxygens (including phenoxy) is 1. The zero-order valence-corrected chi connectivity index (χ0v) is 18.4. The number of hydrogen-bond acceptors (Lipinski definition) is 5. The van der Waals surface area contributed by atoms with Crippen molar-refractivity contribution in [2.24, 2.45) is 0 Å². The van der Waals surface area contributed by atoms with E-state index < -0.39 is 0 Å². The third kappa shape index (κ3) is 4.12. The number of aromatic nitrogens is 1. The van der Waals surface area contributed by atoms with Gasteiger partial charge in [-0.3, -0.25) is 19.5 Å². The van der Waals surface area contributed by atoms with Gasteiger partial charge < -0.3 is 10.1 Å². The molecule has 0 saturated heterocycles. The number of hydrogen-bond donors (Lipinski definition) is 1. The van der Waals surface area contributed by atoms with Gasteiger partial charge in [0.2, 0.25) is 0 Å². The van der Waals surface area contributed by atoms with Gasteiger partial charge in [0.05, 0.1) is 24.4 Å². The van der Waals surface area contributed by atoms with E-state index in [1.54, 1.807) is 24.5 Å². The maximum absolute atomic E-state index is 13.5. The largest absolute Gasteiger partial charge is 0.492 e. The smallest absolute Gasteiger partial charge is 0.278 e. The van der Waals surface area contributed by atoms with Crippen LogP contribution in [0.4, 0.5) is 5.69 Å². The summed E-state index contributed by atoms with van der Waals surface area (Å²) < 4.78 is 5.71. The van der Waals surface area contributed by atoms with Gasteiger partial charge in [0, 0.05) is 12.4 Å². The number of para-hydroxylation sites is 2. The summed E-state index contributed by atoms with van der Waals surface area (Å²) in [4.78, 5) is 32.3. The number of carbonyl (C=O) groups excluding carboxylic acids is 2. The summed E-state index contributed by atoms with van der Waals surface area (Å²) in [6.07, 6.45) is 3.30. The van der Waals surface area contributed by atoms with Gasteiger partial charge in [-0.25, -0.2) is 0 Å². The van der Waals surface area contributed by atoms with Crippen LogP contribution in [0.5, 0.6) is 5.75 Å². The van der Waals surface area contributed by atoms with E-state index in [1.807, 2.05) is 63.2 Å². The summed E-state index contributed by atoms with van der Waals surface area (Å²) in [6.45, 7) is 6.51. The highest BCUT2D eigenvalue weighted by Crippen LogP contribution is 2.35. The van der Waals surface area contributed by atoms with Crippen molar-refractivity contribution in [1.29, 1.82) is 0 Å². The molecule has 3 aromatic rings. The molecule has 0 spiro atoms. The fourth-order valence-electron chi connectivity index (χ4n) is 3.84. The molecule has 2 amide bonds. The number of rotatable bonds is 7. The Bertz CT molecular complexity index is 1200. The van der Waals surface area contributed by atoms with E-state index in [-0.39, 0.29) is 24.1 Å². The van der Waals surface area contributed by atoms with E-state index in [0.29, 0.717) is 23.6 Å². The first-order chi connectivity index (χ1) is 15.5. The van der Waals surface area contributed by atoms with Gasteiger partial charge in [-0.05, 0) is 61.7 Å². The van der Waals surface area contributed by atoms with Crippen LogP contribution in [0.1, 0.15) is 29.2 Å². The molecular weight excluding hydrogens is 402 g/mol. The molecule has 1 aliphatic heterocycles. The molecule has 32 heavy (non-hydrogen) atoms. The van der Waals surface area contributed by atoms with Crippen molar-refractivity contribution < 1.29 is 14.3 Å². The first-order valence-electron chi connectivity index (χ1n) is 10.6. The van der Waals surface area contributed by atoms with Crippen LogP contribution in [0.2, 0.25) is 0 Å². The Morgan fingerprint density at radius 2 is 1.72 bits per heavy atom. The number of benzene rings is 2. The van der Waals surface area contributed by atoms with E-state index in [0.717, 1.165) is 22.3 Å². The number of carbonyl (C=O) groups is 2. The zero-order valence-electron chi connectivity index (χ0n) is 18.4. The van der Waals surface area contributed by atoms with Gasteiger partial charge in [0.1, 0.15) is 11.4 Å². The number of imide groups is 1. The molecule has 2 aromatic carbocycles. The Morgan fingerprint density at radius 1 is 0.969 bits per heavy atom. The quantitative estimate of drug-likeness (QED) is 0.563. The lowest BCUT2D eigenvalue weighted by atomic mass is 9.97. The summed E-state index contributed by atoms with van der Waals surface area (Å²) in [6, 6.07) is 16.9. The van der Waals surface area contributed by atoms with Crippen LogP contribution < -0.4 is 10.1 Å². The highest BCUT2D eigenvalue weighted by molar-refractivity contribution is 6.36. The molecule has 0 atom stereocenters.